The van der Waals surface area contributed by atoms with Gasteiger partial charge in [0.1, 0.15) is 0 Å². The van der Waals surface area contributed by atoms with Crippen LogP contribution in [0.3, 0.4) is 0 Å². The summed E-state index contributed by atoms with van der Waals surface area (Å²) in [5, 5.41) is 2.49. The van der Waals surface area contributed by atoms with Gasteiger partial charge in [0.2, 0.25) is 0 Å². The molecule has 0 radical (unpaired) electrons. The van der Waals surface area contributed by atoms with Crippen molar-refractivity contribution in [3.63, 3.8) is 0 Å². The van der Waals surface area contributed by atoms with Crippen LogP contribution in [-0.2, 0) is 14.6 Å². The maximum absolute atomic E-state index is 11.1. The molecule has 0 aromatic heterocycles. The van der Waals surface area contributed by atoms with Crippen molar-refractivity contribution in [3.8, 4) is 0 Å². The maximum Gasteiger partial charge on any atom is 0.151 e. The summed E-state index contributed by atoms with van der Waals surface area (Å²) in [6.07, 6.45) is 1.23. The van der Waals surface area contributed by atoms with E-state index in [1.807, 2.05) is 0 Å². The molecule has 0 bridgehead atoms. The molecule has 0 aliphatic heterocycles. The topological polar surface area (TPSA) is 55.4 Å². The van der Waals surface area contributed by atoms with Crippen LogP contribution in [0, 0.1) is 0 Å². The highest BCUT2D eigenvalue weighted by Crippen LogP contribution is 2.04. The van der Waals surface area contributed by atoms with Crippen LogP contribution in [0.1, 0.15) is 6.92 Å². The van der Waals surface area contributed by atoms with E-state index in [9.17, 15) is 8.42 Å². The summed E-state index contributed by atoms with van der Waals surface area (Å²) < 4.78 is 27.1. The van der Waals surface area contributed by atoms with Crippen molar-refractivity contribution in [2.75, 3.05) is 27.0 Å². The average Bonchev–Trinajstić information content (AvgIpc) is 1.97. The minimum atomic E-state index is -2.98. The van der Waals surface area contributed by atoms with Crippen molar-refractivity contribution >= 4 is 9.84 Å². The Balaban J connectivity index is 4.31. The smallest absolute Gasteiger partial charge is 0.151 e. The molecule has 2 unspecified atom stereocenters. The van der Waals surface area contributed by atoms with Crippen LogP contribution in [-0.4, -0.2) is 46.7 Å². The summed E-state index contributed by atoms with van der Waals surface area (Å²) in [5.41, 5.74) is 0. The Bertz CT molecular complexity index is 213. The van der Waals surface area contributed by atoms with Gasteiger partial charge in [-0.15, -0.1) is 0 Å². The van der Waals surface area contributed by atoms with Crippen molar-refractivity contribution in [2.24, 2.45) is 0 Å². The summed E-state index contributed by atoms with van der Waals surface area (Å²) in [4.78, 5) is 0. The van der Waals surface area contributed by atoms with E-state index in [2.05, 4.69) is 5.32 Å². The van der Waals surface area contributed by atoms with Gasteiger partial charge in [0.05, 0.1) is 11.9 Å². The zero-order chi connectivity index (χ0) is 9.78. The summed E-state index contributed by atoms with van der Waals surface area (Å²) >= 11 is 0. The molecule has 0 fully saturated rings. The Labute approximate surface area is 74.2 Å². The normalized spacial score (nSPS) is 17.3. The van der Waals surface area contributed by atoms with Crippen LogP contribution < -0.4 is 5.32 Å². The molecule has 74 valence electrons. The Morgan fingerprint density at radius 2 is 2.00 bits per heavy atom. The number of ether oxygens (including phenoxy) is 1. The largest absolute Gasteiger partial charge is 0.383 e. The third-order valence-corrected chi connectivity index (χ3v) is 3.64. The standard InChI is InChI=1S/C7H17NO3S/c1-6(12(4,9)10)7(8-2)5-11-3/h6-8H,5H2,1-4H3. The second-order valence-corrected chi connectivity index (χ2v) is 5.29. The predicted molar refractivity (Wildman–Crippen MR) is 49.0 cm³/mol. The highest BCUT2D eigenvalue weighted by atomic mass is 32.2. The van der Waals surface area contributed by atoms with Gasteiger partial charge in [0.25, 0.3) is 0 Å². The number of hydrogen-bond acceptors (Lipinski definition) is 4. The van der Waals surface area contributed by atoms with Crippen LogP contribution >= 0.6 is 0 Å². The van der Waals surface area contributed by atoms with Gasteiger partial charge in [-0.25, -0.2) is 8.42 Å². The monoisotopic (exact) mass is 195 g/mol. The molecule has 0 aliphatic rings. The summed E-state index contributed by atoms with van der Waals surface area (Å²) in [6.45, 7) is 2.08. The van der Waals surface area contributed by atoms with E-state index in [0.29, 0.717) is 6.61 Å². The second kappa shape index (κ2) is 4.79. The van der Waals surface area contributed by atoms with E-state index in [4.69, 9.17) is 4.74 Å². The molecule has 0 aromatic rings. The van der Waals surface area contributed by atoms with E-state index in [1.165, 1.54) is 6.26 Å². The molecule has 1 N–H and O–H groups in total. The van der Waals surface area contributed by atoms with Crippen LogP contribution in [0.25, 0.3) is 0 Å². The summed E-state index contributed by atoms with van der Waals surface area (Å²) in [6, 6.07) is -0.134. The Morgan fingerprint density at radius 1 is 1.50 bits per heavy atom. The van der Waals surface area contributed by atoms with E-state index in [-0.39, 0.29) is 6.04 Å². The molecule has 4 nitrogen and oxygen atoms in total. The molecule has 0 aromatic carbocycles. The first kappa shape index (κ1) is 11.9. The van der Waals surface area contributed by atoms with E-state index in [1.54, 1.807) is 21.1 Å². The summed E-state index contributed by atoms with van der Waals surface area (Å²) in [7, 11) is 0.304. The first-order chi connectivity index (χ1) is 5.43. The predicted octanol–water partition coefficient (Wildman–Crippen LogP) is -0.346. The Hall–Kier alpha value is -0.130. The number of sulfone groups is 1. The Kier molecular flexibility index (Phi) is 4.74. The van der Waals surface area contributed by atoms with Crippen molar-refractivity contribution < 1.29 is 13.2 Å². The van der Waals surface area contributed by atoms with E-state index >= 15 is 0 Å². The molecule has 0 heterocycles. The Morgan fingerprint density at radius 3 is 2.25 bits per heavy atom. The minimum absolute atomic E-state index is 0.134. The minimum Gasteiger partial charge on any atom is -0.383 e. The van der Waals surface area contributed by atoms with Crippen molar-refractivity contribution in [1.29, 1.82) is 0 Å². The first-order valence-electron chi connectivity index (χ1n) is 3.78. The van der Waals surface area contributed by atoms with Crippen LogP contribution in [0.4, 0.5) is 0 Å². The molecular formula is C7H17NO3S. The fourth-order valence-corrected chi connectivity index (χ4v) is 1.74. The number of methoxy groups -OCH3 is 1. The highest BCUT2D eigenvalue weighted by molar-refractivity contribution is 7.91. The molecule has 5 heteroatoms. The lowest BCUT2D eigenvalue weighted by Crippen LogP contribution is -2.43. The van der Waals surface area contributed by atoms with Gasteiger partial charge in [0, 0.05) is 19.4 Å². The van der Waals surface area contributed by atoms with Gasteiger partial charge in [-0.2, -0.15) is 0 Å². The van der Waals surface area contributed by atoms with Crippen LogP contribution in [0.15, 0.2) is 0 Å². The number of nitrogens with one attached hydrogen (secondary N) is 1. The third kappa shape index (κ3) is 3.51. The zero-order valence-corrected chi connectivity index (χ0v) is 8.81. The average molecular weight is 195 g/mol. The quantitative estimate of drug-likeness (QED) is 0.651. The second-order valence-electron chi connectivity index (χ2n) is 2.89. The maximum atomic E-state index is 11.1. The van der Waals surface area contributed by atoms with Gasteiger partial charge in [-0.3, -0.25) is 0 Å². The molecule has 2 atom stereocenters. The fourth-order valence-electron chi connectivity index (χ4n) is 0.931. The summed E-state index contributed by atoms with van der Waals surface area (Å²) in [5.74, 6) is 0. The van der Waals surface area contributed by atoms with E-state index in [0.717, 1.165) is 0 Å². The fraction of sp³-hybridized carbons (Fsp3) is 1.00. The van der Waals surface area contributed by atoms with Gasteiger partial charge >= 0.3 is 0 Å². The molecule has 12 heavy (non-hydrogen) atoms. The molecule has 0 amide bonds. The number of hydrogen-bond donors (Lipinski definition) is 1. The molecule has 0 rings (SSSR count). The number of likely N-dealkylation sites (N-methyl/N-ethyl adjacent to an activating group) is 1. The molecular weight excluding hydrogens is 178 g/mol. The molecule has 0 spiro atoms. The highest BCUT2D eigenvalue weighted by Gasteiger charge is 2.24. The third-order valence-electron chi connectivity index (χ3n) is 1.96. The zero-order valence-electron chi connectivity index (χ0n) is 7.99. The van der Waals surface area contributed by atoms with Crippen molar-refractivity contribution in [3.05, 3.63) is 0 Å². The van der Waals surface area contributed by atoms with Crippen molar-refractivity contribution in [1.82, 2.24) is 5.32 Å². The van der Waals surface area contributed by atoms with Crippen LogP contribution in [0.5, 0.6) is 0 Å². The van der Waals surface area contributed by atoms with Crippen LogP contribution in [0.2, 0.25) is 0 Å². The lowest BCUT2D eigenvalue weighted by molar-refractivity contribution is 0.168. The SMILES string of the molecule is CNC(COC)C(C)S(C)(=O)=O. The van der Waals surface area contributed by atoms with Gasteiger partial charge < -0.3 is 10.1 Å². The molecule has 0 saturated carbocycles. The molecule has 0 saturated heterocycles. The van der Waals surface area contributed by atoms with Crippen molar-refractivity contribution in [2.45, 2.75) is 18.2 Å². The number of rotatable bonds is 5. The van der Waals surface area contributed by atoms with Gasteiger partial charge in [-0.05, 0) is 14.0 Å². The van der Waals surface area contributed by atoms with E-state index < -0.39 is 15.1 Å². The lowest BCUT2D eigenvalue weighted by atomic mass is 10.2. The van der Waals surface area contributed by atoms with Gasteiger partial charge in [-0.1, -0.05) is 0 Å². The van der Waals surface area contributed by atoms with Gasteiger partial charge in [0.15, 0.2) is 9.84 Å². The molecule has 0 aliphatic carbocycles. The first-order valence-corrected chi connectivity index (χ1v) is 5.74. The lowest BCUT2D eigenvalue weighted by Gasteiger charge is -2.20.